The summed E-state index contributed by atoms with van der Waals surface area (Å²) >= 11 is 0. The normalized spacial score (nSPS) is 13.9. The van der Waals surface area contributed by atoms with Gasteiger partial charge in [0.1, 0.15) is 0 Å². The zero-order valence-electron chi connectivity index (χ0n) is 15.7. The molecular formula is C16H14F6O6S2Si. The van der Waals surface area contributed by atoms with Gasteiger partial charge in [-0.3, -0.25) is 7.74 Å². The fourth-order valence-corrected chi connectivity index (χ4v) is 9.78. The van der Waals surface area contributed by atoms with Crippen molar-refractivity contribution >= 4 is 39.2 Å². The highest BCUT2D eigenvalue weighted by Crippen LogP contribution is 2.33. The highest BCUT2D eigenvalue weighted by Gasteiger charge is 2.62. The Morgan fingerprint density at radius 3 is 1.19 bits per heavy atom. The van der Waals surface area contributed by atoms with E-state index in [4.69, 9.17) is 0 Å². The quantitative estimate of drug-likeness (QED) is 0.339. The molecule has 6 nitrogen and oxygen atoms in total. The van der Waals surface area contributed by atoms with Gasteiger partial charge in [0.25, 0.3) is 0 Å². The summed E-state index contributed by atoms with van der Waals surface area (Å²) in [6.07, 6.45) is 0. The Morgan fingerprint density at radius 1 is 0.645 bits per heavy atom. The lowest BCUT2D eigenvalue weighted by Gasteiger charge is -2.32. The van der Waals surface area contributed by atoms with E-state index < -0.39 is 50.2 Å². The smallest absolute Gasteiger partial charge is 0.267 e. The van der Waals surface area contributed by atoms with Crippen LogP contribution in [-0.2, 0) is 28.0 Å². The molecule has 0 aliphatic carbocycles. The predicted molar refractivity (Wildman–Crippen MR) is 99.5 cm³/mol. The van der Waals surface area contributed by atoms with E-state index in [2.05, 4.69) is 7.74 Å². The van der Waals surface area contributed by atoms with Crippen LogP contribution < -0.4 is 10.4 Å². The number of hydrogen-bond acceptors (Lipinski definition) is 6. The van der Waals surface area contributed by atoms with E-state index >= 15 is 0 Å². The summed E-state index contributed by atoms with van der Waals surface area (Å²) in [6.45, 7) is 2.45. The summed E-state index contributed by atoms with van der Waals surface area (Å²) in [5.41, 5.74) is -12.2. The van der Waals surface area contributed by atoms with Crippen molar-refractivity contribution in [2.75, 3.05) is 0 Å². The molecule has 0 N–H and O–H groups in total. The number of hydrogen-bond donors (Lipinski definition) is 0. The molecule has 31 heavy (non-hydrogen) atoms. The van der Waals surface area contributed by atoms with E-state index in [0.29, 0.717) is 0 Å². The maximum atomic E-state index is 13.1. The number of alkyl halides is 6. The second kappa shape index (κ2) is 8.20. The van der Waals surface area contributed by atoms with Crippen LogP contribution in [0.1, 0.15) is 11.1 Å². The van der Waals surface area contributed by atoms with Gasteiger partial charge in [-0.25, -0.2) is 0 Å². The zero-order chi connectivity index (χ0) is 23.9. The first-order valence-corrected chi connectivity index (χ1v) is 12.7. The molecule has 0 saturated heterocycles. The number of rotatable bonds is 6. The molecule has 2 rings (SSSR count). The van der Waals surface area contributed by atoms with Crippen LogP contribution in [0, 0.1) is 13.8 Å². The topological polar surface area (TPSA) is 86.7 Å². The number of benzene rings is 2. The zero-order valence-corrected chi connectivity index (χ0v) is 18.3. The van der Waals surface area contributed by atoms with Crippen LogP contribution in [0.15, 0.2) is 48.5 Å². The Balaban J connectivity index is 3.02. The van der Waals surface area contributed by atoms with Gasteiger partial charge >= 0.3 is 39.8 Å². The van der Waals surface area contributed by atoms with Crippen LogP contribution in [-0.4, -0.2) is 36.4 Å². The molecule has 0 radical (unpaired) electrons. The minimum Gasteiger partial charge on any atom is -0.267 e. The minimum absolute atomic E-state index is 0.0489. The molecule has 0 fully saturated rings. The van der Waals surface area contributed by atoms with Gasteiger partial charge < -0.3 is 0 Å². The van der Waals surface area contributed by atoms with Gasteiger partial charge in [0.15, 0.2) is 0 Å². The van der Waals surface area contributed by atoms with E-state index in [1.807, 2.05) is 0 Å². The highest BCUT2D eigenvalue weighted by molar-refractivity contribution is 7.90. The lowest BCUT2D eigenvalue weighted by molar-refractivity contribution is -0.0527. The summed E-state index contributed by atoms with van der Waals surface area (Å²) < 4.78 is 135. The Bertz CT molecular complexity index is 1080. The average molecular weight is 508 g/mol. The van der Waals surface area contributed by atoms with Crippen molar-refractivity contribution in [3.63, 3.8) is 0 Å². The van der Waals surface area contributed by atoms with Gasteiger partial charge in [-0.15, -0.1) is 0 Å². The molecule has 0 amide bonds. The number of halogens is 6. The second-order valence-electron chi connectivity index (χ2n) is 6.21. The molecule has 172 valence electrons. The maximum Gasteiger partial charge on any atom is 0.522 e. The van der Waals surface area contributed by atoms with Crippen LogP contribution in [0.25, 0.3) is 0 Å². The van der Waals surface area contributed by atoms with Crippen LogP contribution in [0.5, 0.6) is 0 Å². The van der Waals surface area contributed by atoms with Crippen LogP contribution >= 0.6 is 0 Å². The molecule has 0 saturated carbocycles. The molecular weight excluding hydrogens is 494 g/mol. The molecule has 0 heterocycles. The first-order valence-electron chi connectivity index (χ1n) is 8.11. The first kappa shape index (κ1) is 25.3. The predicted octanol–water partition coefficient (Wildman–Crippen LogP) is 2.59. The third-order valence-electron chi connectivity index (χ3n) is 4.02. The Morgan fingerprint density at radius 2 is 0.935 bits per heavy atom. The lowest BCUT2D eigenvalue weighted by Crippen LogP contribution is -2.67. The average Bonchev–Trinajstić information content (AvgIpc) is 2.59. The maximum absolute atomic E-state index is 13.1. The van der Waals surface area contributed by atoms with E-state index in [-0.39, 0.29) is 11.1 Å². The van der Waals surface area contributed by atoms with Crippen LogP contribution in [0.3, 0.4) is 0 Å². The molecule has 0 aromatic heterocycles. The van der Waals surface area contributed by atoms with E-state index in [9.17, 15) is 43.2 Å². The molecule has 0 aliphatic rings. The van der Waals surface area contributed by atoms with Crippen LogP contribution in [0.4, 0.5) is 26.3 Å². The van der Waals surface area contributed by atoms with Gasteiger partial charge in [0.2, 0.25) is 0 Å². The lowest BCUT2D eigenvalue weighted by atomic mass is 10.2. The molecule has 2 aromatic carbocycles. The molecule has 15 heteroatoms. The van der Waals surface area contributed by atoms with Crippen LogP contribution in [0.2, 0.25) is 0 Å². The standard InChI is InChI=1S/C16H14F6O6S2Si/c1-11-7-3-5-9-13(11)31(14-10-6-4-8-12(14)2,27-29(23,24)15(17,18)19)28-30(25,26)16(20,21)22/h3-10H,1-2H3. The second-order valence-corrected chi connectivity index (χ2v) is 12.6. The van der Waals surface area contributed by atoms with Crippen molar-refractivity contribution in [1.29, 1.82) is 0 Å². The van der Waals surface area contributed by atoms with Gasteiger partial charge in [0, 0.05) is 10.4 Å². The fourth-order valence-electron chi connectivity index (χ4n) is 2.63. The minimum atomic E-state index is -6.60. The number of aryl methyl sites for hydroxylation is 2. The van der Waals surface area contributed by atoms with Gasteiger partial charge in [0.05, 0.1) is 0 Å². The molecule has 2 aromatic rings. The Kier molecular flexibility index (Phi) is 6.69. The SMILES string of the molecule is Cc1ccccc1[Si](OS(=O)(=O)C(F)(F)F)(OS(=O)(=O)C(F)(F)F)c1ccccc1C. The Hall–Kier alpha value is -1.94. The van der Waals surface area contributed by atoms with Gasteiger partial charge in [-0.2, -0.15) is 43.2 Å². The molecule has 0 atom stereocenters. The monoisotopic (exact) mass is 508 g/mol. The molecule has 0 aliphatic heterocycles. The van der Waals surface area contributed by atoms with E-state index in [1.54, 1.807) is 0 Å². The van der Waals surface area contributed by atoms with Crippen molar-refractivity contribution < 1.29 is 50.9 Å². The van der Waals surface area contributed by atoms with Crippen molar-refractivity contribution in [3.8, 4) is 0 Å². The van der Waals surface area contributed by atoms with Crippen molar-refractivity contribution in [1.82, 2.24) is 0 Å². The van der Waals surface area contributed by atoms with E-state index in [0.717, 1.165) is 24.3 Å². The third kappa shape index (κ3) is 4.95. The molecule has 0 unspecified atom stereocenters. The molecule has 0 bridgehead atoms. The van der Waals surface area contributed by atoms with Crippen molar-refractivity contribution in [2.45, 2.75) is 24.9 Å². The Labute approximate surface area is 174 Å². The fraction of sp³-hybridized carbons (Fsp3) is 0.250. The summed E-state index contributed by atoms with van der Waals surface area (Å²) in [5, 5.41) is -1.13. The van der Waals surface area contributed by atoms with Crippen molar-refractivity contribution in [2.24, 2.45) is 0 Å². The molecule has 0 spiro atoms. The van der Waals surface area contributed by atoms with Gasteiger partial charge in [-0.05, 0) is 25.0 Å². The summed E-state index contributed by atoms with van der Waals surface area (Å²) in [4.78, 5) is 0. The van der Waals surface area contributed by atoms with Gasteiger partial charge in [-0.1, -0.05) is 48.5 Å². The van der Waals surface area contributed by atoms with E-state index in [1.165, 1.54) is 38.1 Å². The van der Waals surface area contributed by atoms with Crippen molar-refractivity contribution in [3.05, 3.63) is 59.7 Å². The summed E-state index contributed by atoms with van der Waals surface area (Å²) in [7, 11) is -18.9. The first-order chi connectivity index (χ1) is 13.9. The third-order valence-corrected chi connectivity index (χ3v) is 11.3. The largest absolute Gasteiger partial charge is 0.522 e. The summed E-state index contributed by atoms with van der Waals surface area (Å²) in [5.74, 6) is 0. The highest BCUT2D eigenvalue weighted by atomic mass is 32.2. The summed E-state index contributed by atoms with van der Waals surface area (Å²) in [6, 6.07) is 9.38.